The Morgan fingerprint density at radius 2 is 2.09 bits per heavy atom. The van der Waals surface area contributed by atoms with E-state index >= 15 is 0 Å². The van der Waals surface area contributed by atoms with Crippen molar-refractivity contribution in [1.82, 2.24) is 14.3 Å². The van der Waals surface area contributed by atoms with Crippen LogP contribution in [0.25, 0.3) is 0 Å². The Morgan fingerprint density at radius 1 is 1.18 bits per heavy atom. The molecule has 1 aliphatic rings. The molecule has 0 unspecified atom stereocenters. The molecule has 0 spiro atoms. The van der Waals surface area contributed by atoms with Gasteiger partial charge in [-0.25, -0.2) is 8.42 Å². The van der Waals surface area contributed by atoms with E-state index in [4.69, 9.17) is 0 Å². The van der Waals surface area contributed by atoms with Gasteiger partial charge in [-0.2, -0.15) is 4.31 Å². The first kappa shape index (κ1) is 15.1. The lowest BCUT2D eigenvalue weighted by atomic mass is 9.94. The van der Waals surface area contributed by atoms with Gasteiger partial charge in [0, 0.05) is 37.4 Å². The normalized spacial score (nSPS) is 19.9. The van der Waals surface area contributed by atoms with Crippen LogP contribution in [0, 0.1) is 5.92 Å². The SMILES string of the molecule is O=S(=O)(c1cccnc1)N1CCC[C@H](Cc2ccccn2)C1. The van der Waals surface area contributed by atoms with Crippen LogP contribution in [-0.4, -0.2) is 35.8 Å². The third-order valence-corrected chi connectivity index (χ3v) is 5.83. The van der Waals surface area contributed by atoms with Gasteiger partial charge in [-0.1, -0.05) is 6.07 Å². The molecule has 0 aliphatic carbocycles. The van der Waals surface area contributed by atoms with Gasteiger partial charge in [0.15, 0.2) is 0 Å². The van der Waals surface area contributed by atoms with Crippen molar-refractivity contribution in [3.8, 4) is 0 Å². The molecule has 0 radical (unpaired) electrons. The van der Waals surface area contributed by atoms with E-state index in [2.05, 4.69) is 9.97 Å². The minimum Gasteiger partial charge on any atom is -0.263 e. The molecule has 5 nitrogen and oxygen atoms in total. The van der Waals surface area contributed by atoms with E-state index in [1.54, 1.807) is 28.8 Å². The molecule has 116 valence electrons. The lowest BCUT2D eigenvalue weighted by Gasteiger charge is -2.31. The Kier molecular flexibility index (Phi) is 4.49. The van der Waals surface area contributed by atoms with Gasteiger partial charge in [0.25, 0.3) is 0 Å². The molecule has 2 aromatic heterocycles. The largest absolute Gasteiger partial charge is 0.263 e. The second-order valence-corrected chi connectivity index (χ2v) is 7.52. The summed E-state index contributed by atoms with van der Waals surface area (Å²) >= 11 is 0. The summed E-state index contributed by atoms with van der Waals surface area (Å²) in [6.45, 7) is 1.13. The molecule has 1 fully saturated rings. The maximum atomic E-state index is 12.7. The highest BCUT2D eigenvalue weighted by Gasteiger charge is 2.30. The van der Waals surface area contributed by atoms with Crippen molar-refractivity contribution < 1.29 is 8.42 Å². The zero-order chi connectivity index (χ0) is 15.4. The zero-order valence-electron chi connectivity index (χ0n) is 12.3. The Hall–Kier alpha value is -1.79. The molecule has 3 heterocycles. The maximum Gasteiger partial charge on any atom is 0.244 e. The summed E-state index contributed by atoms with van der Waals surface area (Å²) in [4.78, 5) is 8.53. The molecule has 6 heteroatoms. The highest BCUT2D eigenvalue weighted by Crippen LogP contribution is 2.25. The molecule has 0 amide bonds. The molecule has 0 bridgehead atoms. The first-order valence-electron chi connectivity index (χ1n) is 7.46. The van der Waals surface area contributed by atoms with Crippen LogP contribution in [0.2, 0.25) is 0 Å². The number of hydrogen-bond donors (Lipinski definition) is 0. The van der Waals surface area contributed by atoms with Crippen molar-refractivity contribution >= 4 is 10.0 Å². The van der Waals surface area contributed by atoms with Gasteiger partial charge in [0.05, 0.1) is 0 Å². The van der Waals surface area contributed by atoms with Gasteiger partial charge >= 0.3 is 0 Å². The van der Waals surface area contributed by atoms with Crippen LogP contribution in [0.5, 0.6) is 0 Å². The zero-order valence-corrected chi connectivity index (χ0v) is 13.1. The summed E-state index contributed by atoms with van der Waals surface area (Å²) in [6.07, 6.45) is 7.52. The van der Waals surface area contributed by atoms with Crippen molar-refractivity contribution in [3.63, 3.8) is 0 Å². The van der Waals surface area contributed by atoms with Crippen LogP contribution in [0.4, 0.5) is 0 Å². The Morgan fingerprint density at radius 3 is 2.82 bits per heavy atom. The molecule has 2 aromatic rings. The Balaban J connectivity index is 1.73. The average molecular weight is 317 g/mol. The van der Waals surface area contributed by atoms with Gasteiger partial charge in [-0.3, -0.25) is 9.97 Å². The number of piperidine rings is 1. The molecule has 1 atom stereocenters. The summed E-state index contributed by atoms with van der Waals surface area (Å²) in [5.41, 5.74) is 1.02. The lowest BCUT2D eigenvalue weighted by molar-refractivity contribution is 0.264. The van der Waals surface area contributed by atoms with Gasteiger partial charge in [-0.15, -0.1) is 0 Å². The van der Waals surface area contributed by atoms with Crippen LogP contribution in [0.1, 0.15) is 18.5 Å². The first-order valence-corrected chi connectivity index (χ1v) is 8.90. The van der Waals surface area contributed by atoms with E-state index in [1.807, 2.05) is 18.2 Å². The molecule has 3 rings (SSSR count). The average Bonchev–Trinajstić information content (AvgIpc) is 2.57. The van der Waals surface area contributed by atoms with Gasteiger partial charge in [-0.05, 0) is 49.4 Å². The summed E-state index contributed by atoms with van der Waals surface area (Å²) in [7, 11) is -3.44. The highest BCUT2D eigenvalue weighted by molar-refractivity contribution is 7.89. The third-order valence-electron chi connectivity index (χ3n) is 3.98. The second kappa shape index (κ2) is 6.54. The van der Waals surface area contributed by atoms with E-state index in [0.29, 0.717) is 19.0 Å². The van der Waals surface area contributed by atoms with E-state index in [0.717, 1.165) is 25.0 Å². The van der Waals surface area contributed by atoms with Crippen LogP contribution < -0.4 is 0 Å². The second-order valence-electron chi connectivity index (χ2n) is 5.59. The number of nitrogens with zero attached hydrogens (tertiary/aromatic N) is 3. The van der Waals surface area contributed by atoms with E-state index < -0.39 is 10.0 Å². The molecule has 1 aliphatic heterocycles. The van der Waals surface area contributed by atoms with E-state index in [9.17, 15) is 8.42 Å². The number of pyridine rings is 2. The smallest absolute Gasteiger partial charge is 0.244 e. The van der Waals surface area contributed by atoms with Gasteiger partial charge in [0.2, 0.25) is 10.0 Å². The minimum atomic E-state index is -3.44. The molecule has 22 heavy (non-hydrogen) atoms. The fourth-order valence-corrected chi connectivity index (χ4v) is 4.39. The predicted octanol–water partition coefficient (Wildman–Crippen LogP) is 2.12. The quantitative estimate of drug-likeness (QED) is 0.866. The molecule has 0 N–H and O–H groups in total. The van der Waals surface area contributed by atoms with Gasteiger partial charge in [0.1, 0.15) is 4.90 Å². The van der Waals surface area contributed by atoms with Crippen LogP contribution >= 0.6 is 0 Å². The van der Waals surface area contributed by atoms with E-state index in [1.165, 1.54) is 6.20 Å². The molecular formula is C16H19N3O2S. The van der Waals surface area contributed by atoms with E-state index in [-0.39, 0.29) is 4.90 Å². The molecule has 1 saturated heterocycles. The summed E-state index contributed by atoms with van der Waals surface area (Å²) in [5.74, 6) is 0.315. The predicted molar refractivity (Wildman–Crippen MR) is 83.7 cm³/mol. The molecular weight excluding hydrogens is 298 g/mol. The lowest BCUT2D eigenvalue weighted by Crippen LogP contribution is -2.40. The number of rotatable bonds is 4. The van der Waals surface area contributed by atoms with Crippen LogP contribution in [0.15, 0.2) is 53.8 Å². The third kappa shape index (κ3) is 3.34. The summed E-state index contributed by atoms with van der Waals surface area (Å²) < 4.78 is 26.9. The minimum absolute atomic E-state index is 0.272. The molecule has 0 saturated carbocycles. The monoisotopic (exact) mass is 317 g/mol. The van der Waals surface area contributed by atoms with Crippen molar-refractivity contribution in [1.29, 1.82) is 0 Å². The van der Waals surface area contributed by atoms with Crippen molar-refractivity contribution in [2.24, 2.45) is 5.92 Å². The number of hydrogen-bond acceptors (Lipinski definition) is 4. The first-order chi connectivity index (χ1) is 10.7. The standard InChI is InChI=1S/C16H19N3O2S/c20-22(21,16-7-3-8-17-12-16)19-10-4-5-14(13-19)11-15-6-1-2-9-18-15/h1-3,6-9,12,14H,4-5,10-11,13H2/t14-/m1/s1. The fraction of sp³-hybridized carbons (Fsp3) is 0.375. The Bertz CT molecular complexity index is 705. The highest BCUT2D eigenvalue weighted by atomic mass is 32.2. The fourth-order valence-electron chi connectivity index (χ4n) is 2.88. The number of aromatic nitrogens is 2. The maximum absolute atomic E-state index is 12.7. The van der Waals surface area contributed by atoms with Gasteiger partial charge < -0.3 is 0 Å². The van der Waals surface area contributed by atoms with Crippen LogP contribution in [0.3, 0.4) is 0 Å². The summed E-state index contributed by atoms with van der Waals surface area (Å²) in [6, 6.07) is 9.11. The topological polar surface area (TPSA) is 63.2 Å². The summed E-state index contributed by atoms with van der Waals surface area (Å²) in [5, 5.41) is 0. The van der Waals surface area contributed by atoms with Crippen molar-refractivity contribution in [2.75, 3.05) is 13.1 Å². The van der Waals surface area contributed by atoms with Crippen molar-refractivity contribution in [2.45, 2.75) is 24.2 Å². The molecule has 0 aromatic carbocycles. The Labute approximate surface area is 131 Å². The number of sulfonamides is 1. The van der Waals surface area contributed by atoms with Crippen LogP contribution in [-0.2, 0) is 16.4 Å². The van der Waals surface area contributed by atoms with Crippen molar-refractivity contribution in [3.05, 3.63) is 54.6 Å².